The highest BCUT2D eigenvalue weighted by Gasteiger charge is 2.11. The lowest BCUT2D eigenvalue weighted by atomic mass is 10.1. The molecule has 94 valence electrons. The molecule has 0 aliphatic carbocycles. The van der Waals surface area contributed by atoms with Gasteiger partial charge in [0.15, 0.2) is 0 Å². The number of benzene rings is 1. The van der Waals surface area contributed by atoms with Crippen LogP contribution in [0.5, 0.6) is 5.75 Å². The maximum Gasteiger partial charge on any atom is 0.130 e. The zero-order chi connectivity index (χ0) is 13.1. The third kappa shape index (κ3) is 2.72. The minimum absolute atomic E-state index is 0.582. The molecule has 0 aliphatic heterocycles. The minimum Gasteiger partial charge on any atom is -0.488 e. The summed E-state index contributed by atoms with van der Waals surface area (Å²) in [5, 5.41) is 0. The number of hydrogen-bond donors (Lipinski definition) is 0. The number of ether oxygens (including phenoxy) is 1. The summed E-state index contributed by atoms with van der Waals surface area (Å²) < 4.78 is 6.80. The van der Waals surface area contributed by atoms with E-state index < -0.39 is 0 Å². The van der Waals surface area contributed by atoms with E-state index in [9.17, 15) is 0 Å². The number of aromatic nitrogens is 1. The molecule has 3 heteroatoms. The van der Waals surface area contributed by atoms with Crippen molar-refractivity contribution in [3.63, 3.8) is 0 Å². The van der Waals surface area contributed by atoms with E-state index in [1.165, 1.54) is 5.56 Å². The van der Waals surface area contributed by atoms with E-state index in [0.717, 1.165) is 27.2 Å². The zero-order valence-electron chi connectivity index (χ0n) is 10.8. The lowest BCUT2D eigenvalue weighted by Gasteiger charge is -2.14. The molecule has 0 amide bonds. The van der Waals surface area contributed by atoms with Gasteiger partial charge in [-0.2, -0.15) is 0 Å². The molecular formula is C15H16BrNO. The Kier molecular flexibility index (Phi) is 4.02. The van der Waals surface area contributed by atoms with Crippen LogP contribution in [0, 0.1) is 20.8 Å². The average molecular weight is 306 g/mol. The molecule has 0 bridgehead atoms. The third-order valence-electron chi connectivity index (χ3n) is 3.03. The van der Waals surface area contributed by atoms with Gasteiger partial charge in [0, 0.05) is 16.8 Å². The molecule has 2 rings (SSSR count). The molecule has 18 heavy (non-hydrogen) atoms. The summed E-state index contributed by atoms with van der Waals surface area (Å²) in [4.78, 5) is 4.43. The van der Waals surface area contributed by atoms with Crippen LogP contribution in [-0.4, -0.2) is 4.98 Å². The molecule has 1 heterocycles. The van der Waals surface area contributed by atoms with Gasteiger partial charge in [0.25, 0.3) is 0 Å². The molecule has 0 saturated carbocycles. The van der Waals surface area contributed by atoms with Gasteiger partial charge in [-0.1, -0.05) is 30.3 Å². The van der Waals surface area contributed by atoms with Crippen molar-refractivity contribution in [3.8, 4) is 5.75 Å². The standard InChI is InChI=1S/C15H16BrNO/c1-10-12(3)17-15(16)11(2)14(10)18-9-13-7-5-4-6-8-13/h4-8H,9H2,1-3H3. The first-order valence-electron chi connectivity index (χ1n) is 5.89. The fourth-order valence-electron chi connectivity index (χ4n) is 1.80. The van der Waals surface area contributed by atoms with Crippen molar-refractivity contribution < 1.29 is 4.74 Å². The van der Waals surface area contributed by atoms with Crippen molar-refractivity contribution in [2.75, 3.05) is 0 Å². The fourth-order valence-corrected chi connectivity index (χ4v) is 2.25. The maximum absolute atomic E-state index is 5.95. The molecule has 0 N–H and O–H groups in total. The molecule has 0 aliphatic rings. The van der Waals surface area contributed by atoms with Crippen molar-refractivity contribution in [2.24, 2.45) is 0 Å². The summed E-state index contributed by atoms with van der Waals surface area (Å²) in [6, 6.07) is 10.2. The van der Waals surface area contributed by atoms with Gasteiger partial charge in [0.2, 0.25) is 0 Å². The highest BCUT2D eigenvalue weighted by molar-refractivity contribution is 9.10. The Bertz CT molecular complexity index is 526. The second-order valence-electron chi connectivity index (χ2n) is 4.34. The van der Waals surface area contributed by atoms with Crippen LogP contribution in [0.1, 0.15) is 22.4 Å². The van der Waals surface area contributed by atoms with Gasteiger partial charge in [0.1, 0.15) is 17.0 Å². The third-order valence-corrected chi connectivity index (χ3v) is 3.80. The SMILES string of the molecule is Cc1nc(Br)c(C)c(OCc2ccccc2)c1C. The van der Waals surface area contributed by atoms with Crippen molar-refractivity contribution in [2.45, 2.75) is 27.4 Å². The molecule has 2 nitrogen and oxygen atoms in total. The molecule has 0 radical (unpaired) electrons. The normalized spacial score (nSPS) is 10.4. The smallest absolute Gasteiger partial charge is 0.130 e. The number of pyridine rings is 1. The van der Waals surface area contributed by atoms with E-state index in [-0.39, 0.29) is 0 Å². The summed E-state index contributed by atoms with van der Waals surface area (Å²) in [5.41, 5.74) is 4.32. The maximum atomic E-state index is 5.95. The monoisotopic (exact) mass is 305 g/mol. The van der Waals surface area contributed by atoms with Gasteiger partial charge >= 0.3 is 0 Å². The number of hydrogen-bond acceptors (Lipinski definition) is 2. The van der Waals surface area contributed by atoms with E-state index in [4.69, 9.17) is 4.74 Å². The van der Waals surface area contributed by atoms with Crippen LogP contribution in [0.4, 0.5) is 0 Å². The molecule has 2 aromatic rings. The van der Waals surface area contributed by atoms with Crippen molar-refractivity contribution in [1.82, 2.24) is 4.98 Å². The lowest BCUT2D eigenvalue weighted by molar-refractivity contribution is 0.301. The highest BCUT2D eigenvalue weighted by Crippen LogP contribution is 2.30. The van der Waals surface area contributed by atoms with Gasteiger partial charge in [-0.15, -0.1) is 0 Å². The van der Waals surface area contributed by atoms with Crippen LogP contribution < -0.4 is 4.74 Å². The van der Waals surface area contributed by atoms with Gasteiger partial charge in [0.05, 0.1) is 0 Å². The van der Waals surface area contributed by atoms with Crippen LogP contribution in [0.2, 0.25) is 0 Å². The predicted molar refractivity (Wildman–Crippen MR) is 76.9 cm³/mol. The summed E-state index contributed by atoms with van der Waals surface area (Å²) in [6.45, 7) is 6.64. The summed E-state index contributed by atoms with van der Waals surface area (Å²) >= 11 is 3.47. The molecule has 1 aromatic carbocycles. The lowest BCUT2D eigenvalue weighted by Crippen LogP contribution is -2.02. The Morgan fingerprint density at radius 2 is 1.72 bits per heavy atom. The quantitative estimate of drug-likeness (QED) is 0.787. The zero-order valence-corrected chi connectivity index (χ0v) is 12.4. The van der Waals surface area contributed by atoms with Crippen LogP contribution in [-0.2, 0) is 6.61 Å². The Morgan fingerprint density at radius 1 is 1.06 bits per heavy atom. The molecule has 0 fully saturated rings. The van der Waals surface area contributed by atoms with Crippen molar-refractivity contribution in [3.05, 3.63) is 57.3 Å². The van der Waals surface area contributed by atoms with Crippen LogP contribution in [0.3, 0.4) is 0 Å². The summed E-state index contributed by atoms with van der Waals surface area (Å²) in [6.07, 6.45) is 0. The predicted octanol–water partition coefficient (Wildman–Crippen LogP) is 4.35. The van der Waals surface area contributed by atoms with Crippen LogP contribution in [0.15, 0.2) is 34.9 Å². The molecular weight excluding hydrogens is 290 g/mol. The van der Waals surface area contributed by atoms with Gasteiger partial charge in [-0.05, 0) is 42.3 Å². The second-order valence-corrected chi connectivity index (χ2v) is 5.09. The van der Waals surface area contributed by atoms with E-state index in [1.807, 2.05) is 39.0 Å². The van der Waals surface area contributed by atoms with E-state index in [0.29, 0.717) is 6.61 Å². The number of nitrogens with zero attached hydrogens (tertiary/aromatic N) is 1. The van der Waals surface area contributed by atoms with Gasteiger partial charge < -0.3 is 4.74 Å². The Labute approximate surface area is 116 Å². The Hall–Kier alpha value is -1.35. The Morgan fingerprint density at radius 3 is 2.39 bits per heavy atom. The number of rotatable bonds is 3. The van der Waals surface area contributed by atoms with Crippen molar-refractivity contribution >= 4 is 15.9 Å². The molecule has 0 unspecified atom stereocenters. The Balaban J connectivity index is 2.24. The molecule has 0 saturated heterocycles. The van der Waals surface area contributed by atoms with Crippen LogP contribution in [0.25, 0.3) is 0 Å². The number of halogens is 1. The van der Waals surface area contributed by atoms with Crippen LogP contribution >= 0.6 is 15.9 Å². The summed E-state index contributed by atoms with van der Waals surface area (Å²) in [5.74, 6) is 0.929. The molecule has 1 aromatic heterocycles. The fraction of sp³-hybridized carbons (Fsp3) is 0.267. The largest absolute Gasteiger partial charge is 0.488 e. The topological polar surface area (TPSA) is 22.1 Å². The summed E-state index contributed by atoms with van der Waals surface area (Å²) in [7, 11) is 0. The first kappa shape index (κ1) is 13.1. The van der Waals surface area contributed by atoms with Gasteiger partial charge in [-0.3, -0.25) is 0 Å². The minimum atomic E-state index is 0.582. The molecule has 0 atom stereocenters. The van der Waals surface area contributed by atoms with E-state index >= 15 is 0 Å². The second kappa shape index (κ2) is 5.53. The molecule has 0 spiro atoms. The van der Waals surface area contributed by atoms with Gasteiger partial charge in [-0.25, -0.2) is 4.98 Å². The average Bonchev–Trinajstić information content (AvgIpc) is 2.38. The highest BCUT2D eigenvalue weighted by atomic mass is 79.9. The van der Waals surface area contributed by atoms with E-state index in [1.54, 1.807) is 0 Å². The first-order valence-corrected chi connectivity index (χ1v) is 6.69. The van der Waals surface area contributed by atoms with Crippen molar-refractivity contribution in [1.29, 1.82) is 0 Å². The van der Waals surface area contributed by atoms with E-state index in [2.05, 4.69) is 33.0 Å². The first-order chi connectivity index (χ1) is 8.59. The number of aryl methyl sites for hydroxylation is 1.